The zero-order valence-corrected chi connectivity index (χ0v) is 52.0. The average Bonchev–Trinajstić information content (AvgIpc) is 3.43. The second-order valence-corrected chi connectivity index (χ2v) is 23.9. The number of unbranched alkanes of at least 4 members (excludes halogenated alkanes) is 50. The first kappa shape index (κ1) is 75.1. The van der Waals surface area contributed by atoms with Crippen molar-refractivity contribution < 1.29 is 24.5 Å². The molecule has 6 nitrogen and oxygen atoms in total. The molecule has 0 aliphatic heterocycles. The summed E-state index contributed by atoms with van der Waals surface area (Å²) in [5, 5.41) is 23.2. The van der Waals surface area contributed by atoms with Crippen molar-refractivity contribution in [2.45, 2.75) is 392 Å². The van der Waals surface area contributed by atoms with Gasteiger partial charge >= 0.3 is 5.97 Å². The summed E-state index contributed by atoms with van der Waals surface area (Å²) in [5.74, 6) is -0.0670. The van der Waals surface area contributed by atoms with Crippen molar-refractivity contribution in [2.75, 3.05) is 13.2 Å². The lowest BCUT2D eigenvalue weighted by molar-refractivity contribution is -0.143. The van der Waals surface area contributed by atoms with Gasteiger partial charge in [-0.05, 0) is 83.5 Å². The van der Waals surface area contributed by atoms with Crippen LogP contribution in [-0.2, 0) is 14.3 Å². The first-order valence-corrected chi connectivity index (χ1v) is 34.8. The quantitative estimate of drug-likeness (QED) is 0.0320. The fourth-order valence-electron chi connectivity index (χ4n) is 10.8. The summed E-state index contributed by atoms with van der Waals surface area (Å²) in [7, 11) is 0. The lowest BCUT2D eigenvalue weighted by Gasteiger charge is -2.20. The predicted octanol–water partition coefficient (Wildman–Crippen LogP) is 22.3. The smallest absolute Gasteiger partial charge is 0.305 e. The summed E-state index contributed by atoms with van der Waals surface area (Å²) in [5.41, 5.74) is 0. The highest BCUT2D eigenvalue weighted by Crippen LogP contribution is 2.18. The van der Waals surface area contributed by atoms with E-state index in [4.69, 9.17) is 4.74 Å². The highest BCUT2D eigenvalue weighted by Gasteiger charge is 2.18. The van der Waals surface area contributed by atoms with Crippen LogP contribution in [0.25, 0.3) is 0 Å². The number of allylic oxidation sites excluding steroid dienone is 5. The van der Waals surface area contributed by atoms with Gasteiger partial charge in [0, 0.05) is 12.8 Å². The van der Waals surface area contributed by atoms with E-state index in [2.05, 4.69) is 43.5 Å². The third kappa shape index (κ3) is 63.1. The van der Waals surface area contributed by atoms with Gasteiger partial charge in [-0.1, -0.05) is 320 Å². The van der Waals surface area contributed by atoms with Crippen molar-refractivity contribution in [3.8, 4) is 0 Å². The van der Waals surface area contributed by atoms with Crippen molar-refractivity contribution >= 4 is 11.9 Å². The third-order valence-corrected chi connectivity index (χ3v) is 16.1. The van der Waals surface area contributed by atoms with Crippen LogP contribution in [0.2, 0.25) is 0 Å². The van der Waals surface area contributed by atoms with Crippen molar-refractivity contribution in [1.29, 1.82) is 0 Å². The van der Waals surface area contributed by atoms with Gasteiger partial charge in [0.1, 0.15) is 0 Å². The molecule has 454 valence electrons. The van der Waals surface area contributed by atoms with E-state index in [1.54, 1.807) is 6.08 Å². The van der Waals surface area contributed by atoms with Gasteiger partial charge in [-0.2, -0.15) is 0 Å². The van der Waals surface area contributed by atoms with Crippen LogP contribution in [0.1, 0.15) is 380 Å². The molecule has 0 saturated carbocycles. The van der Waals surface area contributed by atoms with Crippen molar-refractivity contribution in [3.05, 3.63) is 36.5 Å². The molecule has 0 fully saturated rings. The average molecular weight is 1080 g/mol. The topological polar surface area (TPSA) is 95.9 Å². The van der Waals surface area contributed by atoms with E-state index in [1.165, 1.54) is 302 Å². The molecule has 0 aromatic heterocycles. The Morgan fingerprint density at radius 3 is 0.922 bits per heavy atom. The minimum absolute atomic E-state index is 0.00408. The standard InChI is InChI=1S/C71H135NO5/c1-3-5-7-9-11-13-15-17-19-21-22-26-29-32-35-39-43-47-51-55-59-63-69(74)68(67-73)72-70(75)64-60-56-52-48-44-40-36-33-30-27-24-23-25-28-31-34-38-42-46-50-54-58-62-66-77-71(76)65-61-57-53-49-45-41-37-20-18-16-14-12-10-8-6-4-2/h20,27,30,37,59,63,68-69,73-74H,3-19,21-26,28-29,31-36,38-58,60-62,64-67H2,1-2H3,(H,72,75)/b30-27-,37-20-,63-59+. The maximum absolute atomic E-state index is 12.5. The zero-order valence-electron chi connectivity index (χ0n) is 52.0. The summed E-state index contributed by atoms with van der Waals surface area (Å²) in [6, 6.07) is -0.634. The second-order valence-electron chi connectivity index (χ2n) is 23.9. The SMILES string of the molecule is CCCCCCCCC/C=C\CCCCCCCC(=O)OCCCCCCCCCCCCCC/C=C\CCCCCCCCCC(=O)NC(CO)C(O)/C=C/CCCCCCCCCCCCCCCCCCCCC. The van der Waals surface area contributed by atoms with Crippen molar-refractivity contribution in [2.24, 2.45) is 0 Å². The minimum Gasteiger partial charge on any atom is -0.466 e. The maximum Gasteiger partial charge on any atom is 0.305 e. The van der Waals surface area contributed by atoms with Gasteiger partial charge in [0.2, 0.25) is 5.91 Å². The number of hydrogen-bond acceptors (Lipinski definition) is 5. The van der Waals surface area contributed by atoms with E-state index in [0.29, 0.717) is 19.4 Å². The molecular weight excluding hydrogens is 947 g/mol. The Morgan fingerprint density at radius 1 is 0.351 bits per heavy atom. The fraction of sp³-hybridized carbons (Fsp3) is 0.887. The fourth-order valence-corrected chi connectivity index (χ4v) is 10.8. The molecule has 0 aromatic carbocycles. The van der Waals surface area contributed by atoms with Gasteiger partial charge in [-0.15, -0.1) is 0 Å². The largest absolute Gasteiger partial charge is 0.466 e. The predicted molar refractivity (Wildman–Crippen MR) is 338 cm³/mol. The normalized spacial score (nSPS) is 12.7. The van der Waals surface area contributed by atoms with Gasteiger partial charge in [-0.3, -0.25) is 9.59 Å². The van der Waals surface area contributed by atoms with Crippen LogP contribution in [0.15, 0.2) is 36.5 Å². The third-order valence-electron chi connectivity index (χ3n) is 16.1. The summed E-state index contributed by atoms with van der Waals surface area (Å²) < 4.78 is 5.49. The molecule has 2 unspecified atom stereocenters. The van der Waals surface area contributed by atoms with Crippen LogP contribution >= 0.6 is 0 Å². The van der Waals surface area contributed by atoms with Crippen LogP contribution in [-0.4, -0.2) is 47.4 Å². The Kier molecular flexibility index (Phi) is 64.9. The Morgan fingerprint density at radius 2 is 0.610 bits per heavy atom. The monoisotopic (exact) mass is 1080 g/mol. The molecule has 77 heavy (non-hydrogen) atoms. The molecule has 3 N–H and O–H groups in total. The van der Waals surface area contributed by atoms with Gasteiger partial charge in [0.25, 0.3) is 0 Å². The molecule has 0 rings (SSSR count). The Balaban J connectivity index is 3.44. The zero-order chi connectivity index (χ0) is 55.7. The first-order chi connectivity index (χ1) is 38.0. The lowest BCUT2D eigenvalue weighted by atomic mass is 10.0. The van der Waals surface area contributed by atoms with Gasteiger partial charge in [0.15, 0.2) is 0 Å². The summed E-state index contributed by atoms with van der Waals surface area (Å²) in [4.78, 5) is 24.6. The molecule has 1 amide bonds. The molecule has 0 aromatic rings. The number of esters is 1. The summed E-state index contributed by atoms with van der Waals surface area (Å²) in [6.45, 7) is 4.92. The molecule has 0 aliphatic carbocycles. The Hall–Kier alpha value is -1.92. The van der Waals surface area contributed by atoms with Crippen molar-refractivity contribution in [3.63, 3.8) is 0 Å². The molecule has 0 bridgehead atoms. The Bertz CT molecular complexity index is 1250. The van der Waals surface area contributed by atoms with Crippen molar-refractivity contribution in [1.82, 2.24) is 5.32 Å². The maximum atomic E-state index is 12.5. The first-order valence-electron chi connectivity index (χ1n) is 34.8. The minimum atomic E-state index is -0.850. The number of amides is 1. The number of carbonyl (C=O) groups is 2. The lowest BCUT2D eigenvalue weighted by Crippen LogP contribution is -2.45. The molecule has 0 saturated heterocycles. The van der Waals surface area contributed by atoms with E-state index in [9.17, 15) is 19.8 Å². The van der Waals surface area contributed by atoms with Crippen LogP contribution in [0.5, 0.6) is 0 Å². The van der Waals surface area contributed by atoms with Crippen LogP contribution < -0.4 is 5.32 Å². The Labute approximate surface area is 481 Å². The van der Waals surface area contributed by atoms with Gasteiger partial charge in [0.05, 0.1) is 25.4 Å². The molecule has 0 spiro atoms. The number of rotatable bonds is 65. The summed E-state index contributed by atoms with van der Waals surface area (Å²) in [6.07, 6.45) is 85.0. The number of nitrogens with one attached hydrogen (secondary N) is 1. The molecular formula is C71H135NO5. The number of aliphatic hydroxyl groups is 2. The van der Waals surface area contributed by atoms with Crippen LogP contribution in [0, 0.1) is 0 Å². The molecule has 0 aliphatic rings. The molecule has 0 radical (unpaired) electrons. The van der Waals surface area contributed by atoms with E-state index >= 15 is 0 Å². The van der Waals surface area contributed by atoms with E-state index in [0.717, 1.165) is 51.4 Å². The van der Waals surface area contributed by atoms with Gasteiger partial charge in [-0.25, -0.2) is 0 Å². The molecule has 6 heteroatoms. The van der Waals surface area contributed by atoms with E-state index < -0.39 is 12.1 Å². The molecule has 0 heterocycles. The van der Waals surface area contributed by atoms with E-state index in [-0.39, 0.29) is 18.5 Å². The second kappa shape index (κ2) is 66.6. The highest BCUT2D eigenvalue weighted by molar-refractivity contribution is 5.76. The molecule has 2 atom stereocenters. The number of hydrogen-bond donors (Lipinski definition) is 3. The number of ether oxygens (including phenoxy) is 1. The van der Waals surface area contributed by atoms with Crippen LogP contribution in [0.4, 0.5) is 0 Å². The van der Waals surface area contributed by atoms with E-state index in [1.807, 2.05) is 6.08 Å². The number of carbonyl (C=O) groups excluding carboxylic acids is 2. The summed E-state index contributed by atoms with van der Waals surface area (Å²) >= 11 is 0. The highest BCUT2D eigenvalue weighted by atomic mass is 16.5. The van der Waals surface area contributed by atoms with Gasteiger partial charge < -0.3 is 20.3 Å². The van der Waals surface area contributed by atoms with Crippen LogP contribution in [0.3, 0.4) is 0 Å². The number of aliphatic hydroxyl groups excluding tert-OH is 2.